The van der Waals surface area contributed by atoms with E-state index < -0.39 is 28.5 Å². The standard InChI is InChI=1S/C23H23ClN2O6S/c24-18-3-1-2-17(12-18)21(27)14-25-11-10-16-4-9-22(26-13-16)33(30,31)20-7-5-19(6-8-20)32-15-23(28)29/h1-9,12-13,21,25,27H,10-11,14-15H2,(H,28,29)/t21-/m1/s1. The van der Waals surface area contributed by atoms with Crippen LogP contribution in [0.15, 0.2) is 76.8 Å². The van der Waals surface area contributed by atoms with E-state index in [1.165, 1.54) is 36.5 Å². The van der Waals surface area contributed by atoms with E-state index in [9.17, 15) is 18.3 Å². The minimum absolute atomic E-state index is 0.0297. The molecular formula is C23H23ClN2O6S. The van der Waals surface area contributed by atoms with Crippen LogP contribution in [0.3, 0.4) is 0 Å². The molecule has 0 fully saturated rings. The number of carboxylic acids is 1. The quantitative estimate of drug-likeness (QED) is 0.350. The van der Waals surface area contributed by atoms with Crippen molar-refractivity contribution in [2.45, 2.75) is 22.4 Å². The van der Waals surface area contributed by atoms with Crippen molar-refractivity contribution < 1.29 is 28.2 Å². The van der Waals surface area contributed by atoms with Gasteiger partial charge in [-0.05, 0) is 66.6 Å². The summed E-state index contributed by atoms with van der Waals surface area (Å²) in [5.41, 5.74) is 1.57. The summed E-state index contributed by atoms with van der Waals surface area (Å²) in [6.45, 7) is 0.416. The number of nitrogens with zero attached hydrogens (tertiary/aromatic N) is 1. The Hall–Kier alpha value is -2.98. The molecule has 2 aromatic carbocycles. The molecule has 33 heavy (non-hydrogen) atoms. The van der Waals surface area contributed by atoms with E-state index >= 15 is 0 Å². The van der Waals surface area contributed by atoms with E-state index in [0.717, 1.165) is 11.1 Å². The fraction of sp³-hybridized carbons (Fsp3) is 0.217. The topological polar surface area (TPSA) is 126 Å². The lowest BCUT2D eigenvalue weighted by atomic mass is 10.1. The number of carbonyl (C=O) groups is 1. The van der Waals surface area contributed by atoms with E-state index in [0.29, 0.717) is 24.5 Å². The van der Waals surface area contributed by atoms with Gasteiger partial charge in [-0.15, -0.1) is 0 Å². The number of ether oxygens (including phenoxy) is 1. The molecule has 0 aliphatic carbocycles. The number of aliphatic carboxylic acids is 1. The minimum atomic E-state index is -3.82. The molecule has 10 heteroatoms. The van der Waals surface area contributed by atoms with Gasteiger partial charge >= 0.3 is 5.97 Å². The second kappa shape index (κ2) is 11.2. The van der Waals surface area contributed by atoms with Crippen molar-refractivity contribution in [1.29, 1.82) is 0 Å². The van der Waals surface area contributed by atoms with Gasteiger partial charge in [-0.3, -0.25) is 0 Å². The number of sulfone groups is 1. The van der Waals surface area contributed by atoms with Crippen LogP contribution < -0.4 is 10.1 Å². The van der Waals surface area contributed by atoms with Crippen LogP contribution in [0.2, 0.25) is 5.02 Å². The predicted molar refractivity (Wildman–Crippen MR) is 122 cm³/mol. The normalized spacial score (nSPS) is 12.3. The molecule has 8 nitrogen and oxygen atoms in total. The number of nitrogens with one attached hydrogen (secondary N) is 1. The summed E-state index contributed by atoms with van der Waals surface area (Å²) in [6.07, 6.45) is 1.42. The molecule has 0 aliphatic heterocycles. The van der Waals surface area contributed by atoms with Crippen molar-refractivity contribution in [2.75, 3.05) is 19.7 Å². The number of aromatic nitrogens is 1. The molecule has 0 bridgehead atoms. The van der Waals surface area contributed by atoms with E-state index in [1.54, 1.807) is 30.3 Å². The van der Waals surface area contributed by atoms with Crippen LogP contribution in [0.1, 0.15) is 17.2 Å². The largest absolute Gasteiger partial charge is 0.482 e. The summed E-state index contributed by atoms with van der Waals surface area (Å²) in [5, 5.41) is 22.5. The third-order valence-corrected chi connectivity index (χ3v) is 6.65. The maximum Gasteiger partial charge on any atom is 0.341 e. The Bertz CT molecular complexity index is 1180. The monoisotopic (exact) mass is 490 g/mol. The Labute approximate surface area is 196 Å². The van der Waals surface area contributed by atoms with Gasteiger partial charge in [-0.2, -0.15) is 0 Å². The van der Waals surface area contributed by atoms with Crippen LogP contribution in [0.25, 0.3) is 0 Å². The van der Waals surface area contributed by atoms with Crippen LogP contribution in [0.4, 0.5) is 0 Å². The first-order valence-electron chi connectivity index (χ1n) is 10.0. The maximum atomic E-state index is 12.8. The third-order valence-electron chi connectivity index (χ3n) is 4.73. The Morgan fingerprint density at radius 1 is 1.12 bits per heavy atom. The van der Waals surface area contributed by atoms with Gasteiger partial charge in [-0.25, -0.2) is 18.2 Å². The van der Waals surface area contributed by atoms with Gasteiger partial charge in [0.1, 0.15) is 5.75 Å². The Morgan fingerprint density at radius 2 is 1.88 bits per heavy atom. The minimum Gasteiger partial charge on any atom is -0.482 e. The molecule has 0 radical (unpaired) electrons. The van der Waals surface area contributed by atoms with Crippen LogP contribution in [-0.2, 0) is 21.1 Å². The molecule has 0 aliphatic rings. The van der Waals surface area contributed by atoms with E-state index in [4.69, 9.17) is 21.4 Å². The molecule has 174 valence electrons. The SMILES string of the molecule is O=C(O)COc1ccc(S(=O)(=O)c2ccc(CCNC[C@@H](O)c3cccc(Cl)c3)cn2)cc1. The molecule has 0 unspecified atom stereocenters. The zero-order chi connectivity index (χ0) is 23.8. The van der Waals surface area contributed by atoms with Crippen LogP contribution in [0.5, 0.6) is 5.75 Å². The van der Waals surface area contributed by atoms with Crippen molar-refractivity contribution in [1.82, 2.24) is 10.3 Å². The van der Waals surface area contributed by atoms with E-state index in [-0.39, 0.29) is 15.7 Å². The highest BCUT2D eigenvalue weighted by Crippen LogP contribution is 2.22. The van der Waals surface area contributed by atoms with Crippen molar-refractivity contribution in [3.8, 4) is 5.75 Å². The van der Waals surface area contributed by atoms with Gasteiger partial charge in [0.2, 0.25) is 9.84 Å². The molecule has 0 amide bonds. The third kappa shape index (κ3) is 7.00. The number of pyridine rings is 1. The van der Waals surface area contributed by atoms with Gasteiger partial charge in [0.25, 0.3) is 0 Å². The average Bonchev–Trinajstić information content (AvgIpc) is 2.81. The second-order valence-corrected chi connectivity index (χ2v) is 9.52. The molecule has 3 aromatic rings. The molecule has 1 aromatic heterocycles. The zero-order valence-electron chi connectivity index (χ0n) is 17.5. The highest BCUT2D eigenvalue weighted by atomic mass is 35.5. The number of aliphatic hydroxyl groups is 1. The van der Waals surface area contributed by atoms with Crippen molar-refractivity contribution in [3.63, 3.8) is 0 Å². The molecular weight excluding hydrogens is 468 g/mol. The fourth-order valence-corrected chi connectivity index (χ4v) is 4.38. The molecule has 3 rings (SSSR count). The predicted octanol–water partition coefficient (Wildman–Crippen LogP) is 2.90. The highest BCUT2D eigenvalue weighted by molar-refractivity contribution is 7.91. The smallest absolute Gasteiger partial charge is 0.341 e. The lowest BCUT2D eigenvalue weighted by Gasteiger charge is -2.12. The highest BCUT2D eigenvalue weighted by Gasteiger charge is 2.19. The number of rotatable bonds is 11. The van der Waals surface area contributed by atoms with Crippen molar-refractivity contribution in [3.05, 3.63) is 83.0 Å². The van der Waals surface area contributed by atoms with Crippen LogP contribution in [0, 0.1) is 0 Å². The summed E-state index contributed by atoms with van der Waals surface area (Å²) in [7, 11) is -3.82. The zero-order valence-corrected chi connectivity index (χ0v) is 19.1. The summed E-state index contributed by atoms with van der Waals surface area (Å²) >= 11 is 5.94. The number of aliphatic hydroxyl groups excluding tert-OH is 1. The lowest BCUT2D eigenvalue weighted by Crippen LogP contribution is -2.23. The number of hydrogen-bond acceptors (Lipinski definition) is 7. The van der Waals surface area contributed by atoms with Gasteiger partial charge in [0, 0.05) is 17.8 Å². The van der Waals surface area contributed by atoms with Gasteiger partial charge in [0.15, 0.2) is 11.6 Å². The molecule has 1 heterocycles. The number of carboxylic acid groups (broad SMARTS) is 1. The molecule has 1 atom stereocenters. The van der Waals surface area contributed by atoms with Gasteiger partial charge in [-0.1, -0.05) is 29.8 Å². The average molecular weight is 491 g/mol. The van der Waals surface area contributed by atoms with Crippen molar-refractivity contribution in [2.24, 2.45) is 0 Å². The number of hydrogen-bond donors (Lipinski definition) is 3. The Morgan fingerprint density at radius 3 is 2.52 bits per heavy atom. The van der Waals surface area contributed by atoms with E-state index in [2.05, 4.69) is 10.3 Å². The number of benzene rings is 2. The Balaban J connectivity index is 1.53. The van der Waals surface area contributed by atoms with E-state index in [1.807, 2.05) is 0 Å². The molecule has 0 spiro atoms. The Kier molecular flexibility index (Phi) is 8.40. The van der Waals surface area contributed by atoms with Gasteiger partial charge in [0.05, 0.1) is 11.0 Å². The summed E-state index contributed by atoms with van der Waals surface area (Å²) in [4.78, 5) is 14.7. The molecule has 0 saturated heterocycles. The molecule has 3 N–H and O–H groups in total. The second-order valence-electron chi connectivity index (χ2n) is 7.19. The van der Waals surface area contributed by atoms with Crippen molar-refractivity contribution >= 4 is 27.4 Å². The maximum absolute atomic E-state index is 12.8. The lowest BCUT2D eigenvalue weighted by molar-refractivity contribution is -0.139. The van der Waals surface area contributed by atoms with Crippen LogP contribution >= 0.6 is 11.6 Å². The number of halogens is 1. The summed E-state index contributed by atoms with van der Waals surface area (Å²) in [5.74, 6) is -0.865. The first-order chi connectivity index (χ1) is 15.8. The summed E-state index contributed by atoms with van der Waals surface area (Å²) in [6, 6.07) is 15.7. The van der Waals surface area contributed by atoms with Gasteiger partial charge < -0.3 is 20.3 Å². The summed E-state index contributed by atoms with van der Waals surface area (Å²) < 4.78 is 30.5. The molecule has 0 saturated carbocycles. The fourth-order valence-electron chi connectivity index (χ4n) is 3.00. The first kappa shape index (κ1) is 24.7. The van der Waals surface area contributed by atoms with Crippen LogP contribution in [-0.4, -0.2) is 49.3 Å². The first-order valence-corrected chi connectivity index (χ1v) is 11.9.